The summed E-state index contributed by atoms with van der Waals surface area (Å²) >= 11 is 0. The SMILES string of the molecule is CCCCCCCCCCCCCCCN1C=CN(CCCCCCCCCCCCC)C1C(C)C. The van der Waals surface area contributed by atoms with Crippen LogP contribution in [0.3, 0.4) is 0 Å². The van der Waals surface area contributed by atoms with Gasteiger partial charge in [0.05, 0.1) is 0 Å². The van der Waals surface area contributed by atoms with Crippen molar-refractivity contribution in [1.29, 1.82) is 0 Å². The average molecular weight is 505 g/mol. The van der Waals surface area contributed by atoms with Gasteiger partial charge in [-0.1, -0.05) is 169 Å². The topological polar surface area (TPSA) is 6.48 Å². The molecule has 0 saturated heterocycles. The van der Waals surface area contributed by atoms with Crippen LogP contribution in [-0.2, 0) is 0 Å². The number of rotatable bonds is 27. The predicted molar refractivity (Wildman–Crippen MR) is 163 cm³/mol. The first-order valence-electron chi connectivity index (χ1n) is 16.9. The Bertz CT molecular complexity index is 472. The van der Waals surface area contributed by atoms with Crippen molar-refractivity contribution < 1.29 is 0 Å². The summed E-state index contributed by atoms with van der Waals surface area (Å²) in [7, 11) is 0. The maximum Gasteiger partial charge on any atom is 0.103 e. The third-order valence-corrected chi connectivity index (χ3v) is 8.27. The molecule has 1 aliphatic heterocycles. The molecule has 0 fully saturated rings. The van der Waals surface area contributed by atoms with Gasteiger partial charge in [0.25, 0.3) is 0 Å². The van der Waals surface area contributed by atoms with Crippen molar-refractivity contribution in [3.05, 3.63) is 12.4 Å². The molecule has 36 heavy (non-hydrogen) atoms. The van der Waals surface area contributed by atoms with E-state index in [2.05, 4.69) is 49.9 Å². The van der Waals surface area contributed by atoms with Gasteiger partial charge in [0.1, 0.15) is 6.17 Å². The van der Waals surface area contributed by atoms with Gasteiger partial charge in [-0.15, -0.1) is 0 Å². The third-order valence-electron chi connectivity index (χ3n) is 8.27. The fraction of sp³-hybridized carbons (Fsp3) is 0.941. The Hall–Kier alpha value is -0.660. The fourth-order valence-electron chi connectivity index (χ4n) is 5.99. The summed E-state index contributed by atoms with van der Waals surface area (Å²) < 4.78 is 0. The molecule has 0 bridgehead atoms. The van der Waals surface area contributed by atoms with E-state index in [1.807, 2.05) is 0 Å². The molecule has 1 rings (SSSR count). The van der Waals surface area contributed by atoms with Crippen molar-refractivity contribution in [2.75, 3.05) is 13.1 Å². The lowest BCUT2D eigenvalue weighted by Crippen LogP contribution is -2.43. The highest BCUT2D eigenvalue weighted by Crippen LogP contribution is 2.24. The molecule has 0 aromatic heterocycles. The first-order valence-corrected chi connectivity index (χ1v) is 16.9. The highest BCUT2D eigenvalue weighted by atomic mass is 15.4. The molecule has 0 aromatic rings. The summed E-state index contributed by atoms with van der Waals surface area (Å²) in [6.45, 7) is 11.9. The lowest BCUT2D eigenvalue weighted by Gasteiger charge is -2.36. The molecule has 0 radical (unpaired) electrons. The van der Waals surface area contributed by atoms with E-state index in [0.29, 0.717) is 12.1 Å². The van der Waals surface area contributed by atoms with Gasteiger partial charge in [0.15, 0.2) is 0 Å². The maximum absolute atomic E-state index is 2.64. The van der Waals surface area contributed by atoms with Gasteiger partial charge in [0.2, 0.25) is 0 Å². The smallest absolute Gasteiger partial charge is 0.103 e. The normalized spacial score (nSPS) is 15.6. The Morgan fingerprint density at radius 2 is 0.667 bits per heavy atom. The van der Waals surface area contributed by atoms with Gasteiger partial charge in [-0.3, -0.25) is 0 Å². The van der Waals surface area contributed by atoms with Crippen LogP contribution >= 0.6 is 0 Å². The highest BCUT2D eigenvalue weighted by Gasteiger charge is 2.28. The van der Waals surface area contributed by atoms with Crippen molar-refractivity contribution in [2.24, 2.45) is 5.92 Å². The molecule has 214 valence electrons. The standard InChI is InChI=1S/C34H68N2/c1-5-7-9-11-13-15-17-18-20-22-24-26-28-30-36-32-31-35(34(36)33(3)4)29-27-25-23-21-19-16-14-12-10-8-6-2/h31-34H,5-30H2,1-4H3. The molecule has 1 atom stereocenters. The molecule has 2 heteroatoms. The van der Waals surface area contributed by atoms with Crippen LogP contribution in [0, 0.1) is 5.92 Å². The van der Waals surface area contributed by atoms with Crippen LogP contribution in [0.2, 0.25) is 0 Å². The average Bonchev–Trinajstić information content (AvgIpc) is 3.28. The largest absolute Gasteiger partial charge is 0.356 e. The molecule has 0 N–H and O–H groups in total. The zero-order valence-corrected chi connectivity index (χ0v) is 25.6. The van der Waals surface area contributed by atoms with Crippen LogP contribution < -0.4 is 0 Å². The Kier molecular flexibility index (Phi) is 22.9. The van der Waals surface area contributed by atoms with Crippen molar-refractivity contribution in [3.8, 4) is 0 Å². The fourth-order valence-corrected chi connectivity index (χ4v) is 5.99. The molecule has 0 aliphatic carbocycles. The lowest BCUT2D eigenvalue weighted by molar-refractivity contribution is 0.104. The number of unbranched alkanes of at least 4 members (excludes halogenated alkanes) is 22. The van der Waals surface area contributed by atoms with Crippen LogP contribution in [0.5, 0.6) is 0 Å². The molecule has 2 nitrogen and oxygen atoms in total. The second-order valence-electron chi connectivity index (χ2n) is 12.2. The molecule has 0 saturated carbocycles. The zero-order chi connectivity index (χ0) is 26.1. The predicted octanol–water partition coefficient (Wildman–Crippen LogP) is 11.5. The van der Waals surface area contributed by atoms with Gasteiger partial charge >= 0.3 is 0 Å². The zero-order valence-electron chi connectivity index (χ0n) is 25.6. The molecule has 0 amide bonds. The van der Waals surface area contributed by atoms with Crippen molar-refractivity contribution in [2.45, 2.75) is 188 Å². The maximum atomic E-state index is 2.64. The molecule has 1 heterocycles. The number of hydrogen-bond acceptors (Lipinski definition) is 2. The van der Waals surface area contributed by atoms with E-state index in [1.54, 1.807) is 0 Å². The minimum absolute atomic E-state index is 0.588. The summed E-state index contributed by atoms with van der Waals surface area (Å²) in [6.07, 6.45) is 39.8. The van der Waals surface area contributed by atoms with Crippen LogP contribution in [-0.4, -0.2) is 29.1 Å². The minimum atomic E-state index is 0.588. The quantitative estimate of drug-likeness (QED) is 0.103. The van der Waals surface area contributed by atoms with Crippen LogP contribution in [0.15, 0.2) is 12.4 Å². The van der Waals surface area contributed by atoms with Gasteiger partial charge < -0.3 is 9.80 Å². The Morgan fingerprint density at radius 3 is 0.917 bits per heavy atom. The Morgan fingerprint density at radius 1 is 0.417 bits per heavy atom. The first kappa shape index (κ1) is 33.4. The van der Waals surface area contributed by atoms with E-state index < -0.39 is 0 Å². The van der Waals surface area contributed by atoms with Gasteiger partial charge in [-0.2, -0.15) is 0 Å². The van der Waals surface area contributed by atoms with E-state index >= 15 is 0 Å². The molecule has 1 unspecified atom stereocenters. The summed E-state index contributed by atoms with van der Waals surface area (Å²) in [5.74, 6) is 0.690. The van der Waals surface area contributed by atoms with Gasteiger partial charge in [-0.25, -0.2) is 0 Å². The highest BCUT2D eigenvalue weighted by molar-refractivity contribution is 4.98. The lowest BCUT2D eigenvalue weighted by atomic mass is 10.0. The van der Waals surface area contributed by atoms with Gasteiger partial charge in [0, 0.05) is 25.5 Å². The van der Waals surface area contributed by atoms with E-state index in [1.165, 1.54) is 167 Å². The molecular formula is C34H68N2. The van der Waals surface area contributed by atoms with E-state index in [9.17, 15) is 0 Å². The summed E-state index contributed by atoms with van der Waals surface area (Å²) in [5.41, 5.74) is 0. The van der Waals surface area contributed by atoms with E-state index in [-0.39, 0.29) is 0 Å². The second-order valence-corrected chi connectivity index (χ2v) is 12.2. The Balaban J connectivity index is 1.99. The minimum Gasteiger partial charge on any atom is -0.356 e. The van der Waals surface area contributed by atoms with Crippen molar-refractivity contribution >= 4 is 0 Å². The molecule has 0 aromatic carbocycles. The second kappa shape index (κ2) is 24.7. The summed E-state index contributed by atoms with van der Waals surface area (Å²) in [5, 5.41) is 0. The van der Waals surface area contributed by atoms with Crippen molar-refractivity contribution in [1.82, 2.24) is 9.80 Å². The molecule has 0 spiro atoms. The molecular weight excluding hydrogens is 436 g/mol. The summed E-state index contributed by atoms with van der Waals surface area (Å²) in [6, 6.07) is 0. The van der Waals surface area contributed by atoms with Crippen LogP contribution in [0.25, 0.3) is 0 Å². The first-order chi connectivity index (χ1) is 17.7. The molecule has 1 aliphatic rings. The van der Waals surface area contributed by atoms with E-state index in [4.69, 9.17) is 0 Å². The van der Waals surface area contributed by atoms with Crippen LogP contribution in [0.1, 0.15) is 182 Å². The Labute approximate surface area is 229 Å². The van der Waals surface area contributed by atoms with Crippen molar-refractivity contribution in [3.63, 3.8) is 0 Å². The number of nitrogens with zero attached hydrogens (tertiary/aromatic N) is 2. The number of hydrogen-bond donors (Lipinski definition) is 0. The van der Waals surface area contributed by atoms with Crippen LogP contribution in [0.4, 0.5) is 0 Å². The van der Waals surface area contributed by atoms with Gasteiger partial charge in [-0.05, 0) is 18.8 Å². The van der Waals surface area contributed by atoms with E-state index in [0.717, 1.165) is 0 Å². The summed E-state index contributed by atoms with van der Waals surface area (Å²) in [4.78, 5) is 5.28. The third kappa shape index (κ3) is 17.7. The monoisotopic (exact) mass is 505 g/mol.